The van der Waals surface area contributed by atoms with Crippen LogP contribution in [0.25, 0.3) is 0 Å². The zero-order valence-electron chi connectivity index (χ0n) is 10.2. The second-order valence-electron chi connectivity index (χ2n) is 4.42. The average molecular weight is 223 g/mol. The molecule has 0 saturated carbocycles. The zero-order chi connectivity index (χ0) is 12.0. The fraction of sp³-hybridized carbons (Fsp3) is 0.833. The number of nitriles is 1. The monoisotopic (exact) mass is 223 g/mol. The van der Waals surface area contributed by atoms with Crippen molar-refractivity contribution >= 4 is 5.91 Å². The van der Waals surface area contributed by atoms with Gasteiger partial charge in [-0.25, -0.2) is 0 Å². The van der Waals surface area contributed by atoms with Gasteiger partial charge in [-0.2, -0.15) is 5.26 Å². The number of nitrogens with one attached hydrogen (secondary N) is 1. The van der Waals surface area contributed by atoms with Crippen molar-refractivity contribution in [3.8, 4) is 6.07 Å². The topological polar surface area (TPSA) is 56.1 Å². The van der Waals surface area contributed by atoms with Crippen LogP contribution in [0.4, 0.5) is 0 Å². The Balaban J connectivity index is 2.62. The van der Waals surface area contributed by atoms with Gasteiger partial charge >= 0.3 is 0 Å². The van der Waals surface area contributed by atoms with Crippen LogP contribution in [0.15, 0.2) is 0 Å². The molecule has 1 fully saturated rings. The van der Waals surface area contributed by atoms with Crippen molar-refractivity contribution in [2.75, 3.05) is 19.6 Å². The molecule has 1 saturated heterocycles. The third kappa shape index (κ3) is 3.49. The van der Waals surface area contributed by atoms with Gasteiger partial charge in [0.15, 0.2) is 0 Å². The van der Waals surface area contributed by atoms with Gasteiger partial charge in [0, 0.05) is 13.1 Å². The van der Waals surface area contributed by atoms with E-state index in [0.29, 0.717) is 6.54 Å². The first-order chi connectivity index (χ1) is 7.69. The minimum absolute atomic E-state index is 0.0176. The van der Waals surface area contributed by atoms with Crippen LogP contribution >= 0.6 is 0 Å². The van der Waals surface area contributed by atoms with E-state index in [9.17, 15) is 4.79 Å². The normalized spacial score (nSPS) is 23.4. The molecule has 0 radical (unpaired) electrons. The molecule has 16 heavy (non-hydrogen) atoms. The summed E-state index contributed by atoms with van der Waals surface area (Å²) in [7, 11) is 0. The SMILES string of the molecule is CCN(CC(C)C#N)C1CCCCNC1=O. The highest BCUT2D eigenvalue weighted by Gasteiger charge is 2.26. The van der Waals surface area contributed by atoms with E-state index in [1.165, 1.54) is 0 Å². The summed E-state index contributed by atoms with van der Waals surface area (Å²) >= 11 is 0. The molecule has 1 N–H and O–H groups in total. The standard InChI is InChI=1S/C12H21N3O/c1-3-15(9-10(2)8-13)11-6-4-5-7-14-12(11)16/h10-11H,3-7,9H2,1-2H3,(H,14,16). The Morgan fingerprint density at radius 3 is 3.00 bits per heavy atom. The van der Waals surface area contributed by atoms with Gasteiger partial charge in [0.2, 0.25) is 5.91 Å². The van der Waals surface area contributed by atoms with Crippen LogP contribution in [0.1, 0.15) is 33.1 Å². The van der Waals surface area contributed by atoms with Crippen LogP contribution in [-0.2, 0) is 4.79 Å². The number of nitrogens with zero attached hydrogens (tertiary/aromatic N) is 2. The predicted octanol–water partition coefficient (Wildman–Crippen LogP) is 1.14. The van der Waals surface area contributed by atoms with Gasteiger partial charge in [-0.05, 0) is 32.7 Å². The number of carbonyl (C=O) groups is 1. The van der Waals surface area contributed by atoms with E-state index >= 15 is 0 Å². The molecule has 1 aliphatic rings. The van der Waals surface area contributed by atoms with Gasteiger partial charge < -0.3 is 5.32 Å². The van der Waals surface area contributed by atoms with Crippen LogP contribution in [0, 0.1) is 17.2 Å². The Morgan fingerprint density at radius 1 is 1.62 bits per heavy atom. The molecule has 0 aromatic carbocycles. The van der Waals surface area contributed by atoms with Crippen molar-refractivity contribution in [3.05, 3.63) is 0 Å². The molecule has 1 aliphatic heterocycles. The molecule has 0 bridgehead atoms. The predicted molar refractivity (Wildman–Crippen MR) is 62.7 cm³/mol. The maximum Gasteiger partial charge on any atom is 0.237 e. The van der Waals surface area contributed by atoms with Gasteiger partial charge in [-0.3, -0.25) is 9.69 Å². The molecule has 0 aliphatic carbocycles. The summed E-state index contributed by atoms with van der Waals surface area (Å²) in [6, 6.07) is 2.19. The second kappa shape index (κ2) is 6.49. The third-order valence-electron chi connectivity index (χ3n) is 3.08. The zero-order valence-corrected chi connectivity index (χ0v) is 10.2. The summed E-state index contributed by atoms with van der Waals surface area (Å²) in [5.74, 6) is 0.112. The number of carbonyl (C=O) groups excluding carboxylic acids is 1. The Kier molecular flexibility index (Phi) is 5.27. The van der Waals surface area contributed by atoms with Gasteiger partial charge in [0.05, 0.1) is 18.0 Å². The van der Waals surface area contributed by atoms with Crippen molar-refractivity contribution in [2.45, 2.75) is 39.2 Å². The maximum atomic E-state index is 11.8. The molecular weight excluding hydrogens is 202 g/mol. The van der Waals surface area contributed by atoms with Crippen LogP contribution in [0.2, 0.25) is 0 Å². The number of likely N-dealkylation sites (N-methyl/N-ethyl adjacent to an activating group) is 1. The van der Waals surface area contributed by atoms with Crippen molar-refractivity contribution in [2.24, 2.45) is 5.92 Å². The van der Waals surface area contributed by atoms with Gasteiger partial charge in [-0.15, -0.1) is 0 Å². The highest BCUT2D eigenvalue weighted by atomic mass is 16.2. The molecule has 90 valence electrons. The highest BCUT2D eigenvalue weighted by molar-refractivity contribution is 5.81. The third-order valence-corrected chi connectivity index (χ3v) is 3.08. The lowest BCUT2D eigenvalue weighted by atomic mass is 10.1. The molecule has 1 heterocycles. The van der Waals surface area contributed by atoms with Crippen LogP contribution in [0.3, 0.4) is 0 Å². The number of rotatable bonds is 4. The molecule has 0 aromatic rings. The molecule has 1 rings (SSSR count). The lowest BCUT2D eigenvalue weighted by Crippen LogP contribution is -2.47. The first-order valence-electron chi connectivity index (χ1n) is 6.10. The summed E-state index contributed by atoms with van der Waals surface area (Å²) in [5.41, 5.74) is 0. The Labute approximate surface area is 97.6 Å². The average Bonchev–Trinajstić information content (AvgIpc) is 2.50. The van der Waals surface area contributed by atoms with Crippen molar-refractivity contribution < 1.29 is 4.79 Å². The van der Waals surface area contributed by atoms with E-state index in [-0.39, 0.29) is 17.9 Å². The van der Waals surface area contributed by atoms with Gasteiger partial charge in [-0.1, -0.05) is 6.92 Å². The quantitative estimate of drug-likeness (QED) is 0.777. The molecule has 1 amide bonds. The van der Waals surface area contributed by atoms with E-state index in [0.717, 1.165) is 32.4 Å². The first-order valence-corrected chi connectivity index (χ1v) is 6.10. The summed E-state index contributed by atoms with van der Waals surface area (Å²) in [4.78, 5) is 14.0. The molecule has 0 spiro atoms. The Hall–Kier alpha value is -1.08. The van der Waals surface area contributed by atoms with E-state index in [4.69, 9.17) is 5.26 Å². The number of amides is 1. The van der Waals surface area contributed by atoms with Crippen molar-refractivity contribution in [1.82, 2.24) is 10.2 Å². The largest absolute Gasteiger partial charge is 0.355 e. The van der Waals surface area contributed by atoms with Crippen LogP contribution < -0.4 is 5.32 Å². The van der Waals surface area contributed by atoms with E-state index in [1.54, 1.807) is 0 Å². The minimum Gasteiger partial charge on any atom is -0.355 e. The van der Waals surface area contributed by atoms with Crippen LogP contribution in [-0.4, -0.2) is 36.5 Å². The molecule has 2 unspecified atom stereocenters. The number of hydrogen-bond acceptors (Lipinski definition) is 3. The van der Waals surface area contributed by atoms with Gasteiger partial charge in [0.25, 0.3) is 0 Å². The molecule has 0 aromatic heterocycles. The van der Waals surface area contributed by atoms with E-state index < -0.39 is 0 Å². The Bertz CT molecular complexity index is 272. The smallest absolute Gasteiger partial charge is 0.237 e. The Morgan fingerprint density at radius 2 is 2.38 bits per heavy atom. The summed E-state index contributed by atoms with van der Waals surface area (Å²) in [6.45, 7) is 6.25. The molecular formula is C12H21N3O. The summed E-state index contributed by atoms with van der Waals surface area (Å²) < 4.78 is 0. The van der Waals surface area contributed by atoms with E-state index in [2.05, 4.69) is 16.3 Å². The lowest BCUT2D eigenvalue weighted by molar-refractivity contribution is -0.126. The molecule has 4 heteroatoms. The van der Waals surface area contributed by atoms with Crippen molar-refractivity contribution in [3.63, 3.8) is 0 Å². The van der Waals surface area contributed by atoms with Crippen molar-refractivity contribution in [1.29, 1.82) is 5.26 Å². The second-order valence-corrected chi connectivity index (χ2v) is 4.42. The fourth-order valence-corrected chi connectivity index (χ4v) is 2.14. The summed E-state index contributed by atoms with van der Waals surface area (Å²) in [6.07, 6.45) is 3.06. The van der Waals surface area contributed by atoms with E-state index in [1.807, 2.05) is 13.8 Å². The first kappa shape index (κ1) is 13.0. The molecule has 4 nitrogen and oxygen atoms in total. The lowest BCUT2D eigenvalue weighted by Gasteiger charge is -2.29. The van der Waals surface area contributed by atoms with Gasteiger partial charge in [0.1, 0.15) is 0 Å². The van der Waals surface area contributed by atoms with Crippen LogP contribution in [0.5, 0.6) is 0 Å². The molecule has 2 atom stereocenters. The summed E-state index contributed by atoms with van der Waals surface area (Å²) in [5, 5.41) is 11.8. The fourth-order valence-electron chi connectivity index (χ4n) is 2.14. The number of hydrogen-bond donors (Lipinski definition) is 1. The highest BCUT2D eigenvalue weighted by Crippen LogP contribution is 2.13. The minimum atomic E-state index is -0.0386. The maximum absolute atomic E-state index is 11.8.